The van der Waals surface area contributed by atoms with E-state index in [4.69, 9.17) is 17.0 Å². The van der Waals surface area contributed by atoms with Gasteiger partial charge in [0.2, 0.25) is 0 Å². The van der Waals surface area contributed by atoms with Crippen LogP contribution < -0.4 is 9.64 Å². The van der Waals surface area contributed by atoms with Crippen LogP contribution in [0.25, 0.3) is 6.08 Å². The standard InChI is InChI=1S/C19H17NO2S2/c1-3-22-16-7-5-4-6-14(16)12-17-18(21)20(19(23)24-17)15-10-8-13(2)9-11-15/h4-12H,3H2,1-2H3. The van der Waals surface area contributed by atoms with Crippen LogP contribution in [0.3, 0.4) is 0 Å². The van der Waals surface area contributed by atoms with Crippen molar-refractivity contribution in [1.82, 2.24) is 0 Å². The first kappa shape index (κ1) is 16.7. The minimum atomic E-state index is -0.0971. The molecule has 1 saturated heterocycles. The van der Waals surface area contributed by atoms with Gasteiger partial charge in [0.25, 0.3) is 5.91 Å². The Kier molecular flexibility index (Phi) is 5.02. The highest BCUT2D eigenvalue weighted by atomic mass is 32.2. The summed E-state index contributed by atoms with van der Waals surface area (Å²) in [4.78, 5) is 15.0. The monoisotopic (exact) mass is 355 g/mol. The molecule has 0 spiro atoms. The second-order valence-corrected chi connectivity index (χ2v) is 7.00. The molecule has 0 radical (unpaired) electrons. The van der Waals surface area contributed by atoms with Crippen LogP contribution in [-0.4, -0.2) is 16.8 Å². The quantitative estimate of drug-likeness (QED) is 0.582. The highest BCUT2D eigenvalue weighted by Crippen LogP contribution is 2.37. The Balaban J connectivity index is 1.93. The van der Waals surface area contributed by atoms with Crippen molar-refractivity contribution in [3.63, 3.8) is 0 Å². The molecule has 0 atom stereocenters. The van der Waals surface area contributed by atoms with Crippen LogP contribution in [0, 0.1) is 6.92 Å². The lowest BCUT2D eigenvalue weighted by Crippen LogP contribution is -2.27. The van der Waals surface area contributed by atoms with Crippen LogP contribution in [0.15, 0.2) is 53.4 Å². The van der Waals surface area contributed by atoms with Crippen LogP contribution in [0.2, 0.25) is 0 Å². The van der Waals surface area contributed by atoms with Crippen LogP contribution in [-0.2, 0) is 4.79 Å². The lowest BCUT2D eigenvalue weighted by atomic mass is 10.1. The summed E-state index contributed by atoms with van der Waals surface area (Å²) in [6.07, 6.45) is 1.85. The predicted octanol–water partition coefficient (Wildman–Crippen LogP) is 4.80. The van der Waals surface area contributed by atoms with E-state index < -0.39 is 0 Å². The number of amides is 1. The summed E-state index contributed by atoms with van der Waals surface area (Å²) in [6.45, 7) is 4.53. The molecule has 5 heteroatoms. The zero-order valence-electron chi connectivity index (χ0n) is 13.5. The maximum atomic E-state index is 12.8. The summed E-state index contributed by atoms with van der Waals surface area (Å²) < 4.78 is 6.17. The molecule has 1 fully saturated rings. The van der Waals surface area contributed by atoms with Gasteiger partial charge in [-0.15, -0.1) is 0 Å². The minimum absolute atomic E-state index is 0.0971. The zero-order chi connectivity index (χ0) is 17.1. The lowest BCUT2D eigenvalue weighted by molar-refractivity contribution is -0.113. The molecule has 2 aromatic carbocycles. The fourth-order valence-corrected chi connectivity index (χ4v) is 3.70. The van der Waals surface area contributed by atoms with Gasteiger partial charge in [0.15, 0.2) is 4.32 Å². The summed E-state index contributed by atoms with van der Waals surface area (Å²) in [7, 11) is 0. The number of anilines is 1. The number of rotatable bonds is 4. The van der Waals surface area contributed by atoms with E-state index in [1.807, 2.05) is 68.5 Å². The first-order valence-electron chi connectivity index (χ1n) is 7.66. The van der Waals surface area contributed by atoms with Crippen molar-refractivity contribution in [1.29, 1.82) is 0 Å². The third kappa shape index (κ3) is 3.37. The summed E-state index contributed by atoms with van der Waals surface area (Å²) in [5.74, 6) is 0.667. The predicted molar refractivity (Wildman–Crippen MR) is 104 cm³/mol. The van der Waals surface area contributed by atoms with Crippen molar-refractivity contribution in [2.24, 2.45) is 0 Å². The number of hydrogen-bond acceptors (Lipinski definition) is 4. The number of nitrogens with zero attached hydrogens (tertiary/aromatic N) is 1. The third-order valence-electron chi connectivity index (χ3n) is 3.59. The van der Waals surface area contributed by atoms with Gasteiger partial charge in [-0.05, 0) is 38.1 Å². The number of thiocarbonyl (C=S) groups is 1. The van der Waals surface area contributed by atoms with Crippen molar-refractivity contribution in [2.75, 3.05) is 11.5 Å². The lowest BCUT2D eigenvalue weighted by Gasteiger charge is -2.14. The number of ether oxygens (including phenoxy) is 1. The Morgan fingerprint density at radius 2 is 1.88 bits per heavy atom. The van der Waals surface area contributed by atoms with E-state index in [9.17, 15) is 4.79 Å². The number of carbonyl (C=O) groups excluding carboxylic acids is 1. The van der Waals surface area contributed by atoms with Crippen LogP contribution in [0.4, 0.5) is 5.69 Å². The number of benzene rings is 2. The van der Waals surface area contributed by atoms with Gasteiger partial charge in [-0.2, -0.15) is 0 Å². The molecule has 1 heterocycles. The van der Waals surface area contributed by atoms with Gasteiger partial charge < -0.3 is 4.74 Å². The molecule has 1 aliphatic rings. The van der Waals surface area contributed by atoms with Gasteiger partial charge in [0.1, 0.15) is 5.75 Å². The molecule has 0 N–H and O–H groups in total. The molecule has 3 nitrogen and oxygen atoms in total. The Bertz CT molecular complexity index is 812. The van der Waals surface area contributed by atoms with Gasteiger partial charge >= 0.3 is 0 Å². The molecule has 2 aromatic rings. The number of para-hydroxylation sites is 1. The molecule has 1 amide bonds. The van der Waals surface area contributed by atoms with Gasteiger partial charge in [0, 0.05) is 5.56 Å². The van der Waals surface area contributed by atoms with E-state index >= 15 is 0 Å². The molecule has 122 valence electrons. The zero-order valence-corrected chi connectivity index (χ0v) is 15.1. The van der Waals surface area contributed by atoms with Crippen molar-refractivity contribution in [3.8, 4) is 5.75 Å². The van der Waals surface area contributed by atoms with E-state index in [-0.39, 0.29) is 5.91 Å². The molecule has 0 aliphatic carbocycles. The maximum absolute atomic E-state index is 12.8. The number of carbonyl (C=O) groups is 1. The van der Waals surface area contributed by atoms with Crippen LogP contribution in [0.5, 0.6) is 5.75 Å². The fourth-order valence-electron chi connectivity index (χ4n) is 2.41. The van der Waals surface area contributed by atoms with Crippen molar-refractivity contribution in [2.45, 2.75) is 13.8 Å². The van der Waals surface area contributed by atoms with Crippen molar-refractivity contribution < 1.29 is 9.53 Å². The second-order valence-electron chi connectivity index (χ2n) is 5.32. The average Bonchev–Trinajstić information content (AvgIpc) is 2.85. The van der Waals surface area contributed by atoms with E-state index in [1.165, 1.54) is 11.8 Å². The third-order valence-corrected chi connectivity index (χ3v) is 4.89. The van der Waals surface area contributed by atoms with Gasteiger partial charge in [-0.3, -0.25) is 9.69 Å². The molecule has 1 aliphatic heterocycles. The smallest absolute Gasteiger partial charge is 0.270 e. The summed E-state index contributed by atoms with van der Waals surface area (Å²) in [6, 6.07) is 15.5. The van der Waals surface area contributed by atoms with Crippen molar-refractivity contribution >= 4 is 46.0 Å². The Morgan fingerprint density at radius 3 is 2.58 bits per heavy atom. The highest BCUT2D eigenvalue weighted by molar-refractivity contribution is 8.27. The molecular weight excluding hydrogens is 338 g/mol. The highest BCUT2D eigenvalue weighted by Gasteiger charge is 2.33. The molecule has 3 rings (SSSR count). The molecular formula is C19H17NO2S2. The summed E-state index contributed by atoms with van der Waals surface area (Å²) in [5, 5.41) is 0. The van der Waals surface area contributed by atoms with E-state index in [0.29, 0.717) is 15.8 Å². The summed E-state index contributed by atoms with van der Waals surface area (Å²) in [5.41, 5.74) is 2.82. The Labute approximate surface area is 151 Å². The van der Waals surface area contributed by atoms with E-state index in [1.54, 1.807) is 4.90 Å². The van der Waals surface area contributed by atoms with Crippen LogP contribution >= 0.6 is 24.0 Å². The molecule has 0 saturated carbocycles. The van der Waals surface area contributed by atoms with Gasteiger partial charge in [-0.1, -0.05) is 59.9 Å². The first-order valence-corrected chi connectivity index (χ1v) is 8.89. The topological polar surface area (TPSA) is 29.5 Å². The molecule has 0 aromatic heterocycles. The Morgan fingerprint density at radius 1 is 1.17 bits per heavy atom. The minimum Gasteiger partial charge on any atom is -0.493 e. The average molecular weight is 355 g/mol. The van der Waals surface area contributed by atoms with Crippen molar-refractivity contribution in [3.05, 3.63) is 64.6 Å². The molecule has 0 bridgehead atoms. The van der Waals surface area contributed by atoms with E-state index in [0.717, 1.165) is 22.6 Å². The van der Waals surface area contributed by atoms with Crippen LogP contribution in [0.1, 0.15) is 18.1 Å². The van der Waals surface area contributed by atoms with E-state index in [2.05, 4.69) is 0 Å². The fraction of sp³-hybridized carbons (Fsp3) is 0.158. The largest absolute Gasteiger partial charge is 0.493 e. The second kappa shape index (κ2) is 7.20. The molecule has 24 heavy (non-hydrogen) atoms. The maximum Gasteiger partial charge on any atom is 0.270 e. The number of hydrogen-bond donors (Lipinski definition) is 0. The molecule has 0 unspecified atom stereocenters. The summed E-state index contributed by atoms with van der Waals surface area (Å²) >= 11 is 6.72. The first-order chi connectivity index (χ1) is 11.6. The Hall–Kier alpha value is -2.11. The number of thioether (sulfide) groups is 1. The van der Waals surface area contributed by atoms with Gasteiger partial charge in [-0.25, -0.2) is 0 Å². The van der Waals surface area contributed by atoms with Gasteiger partial charge in [0.05, 0.1) is 17.2 Å². The SMILES string of the molecule is CCOc1ccccc1C=C1SC(=S)N(c2ccc(C)cc2)C1=O. The number of aryl methyl sites for hydroxylation is 1. The normalized spacial score (nSPS) is 16.1.